The highest BCUT2D eigenvalue weighted by Gasteiger charge is 2.31. The summed E-state index contributed by atoms with van der Waals surface area (Å²) >= 11 is 0. The molecule has 0 radical (unpaired) electrons. The second-order valence-corrected chi connectivity index (χ2v) is 3.75. The molecule has 6 heteroatoms. The molecule has 0 bridgehead atoms. The molecule has 1 heterocycles. The van der Waals surface area contributed by atoms with Gasteiger partial charge in [-0.1, -0.05) is 0 Å². The van der Waals surface area contributed by atoms with Gasteiger partial charge in [-0.25, -0.2) is 5.01 Å². The summed E-state index contributed by atoms with van der Waals surface area (Å²) in [7, 11) is 0. The zero-order valence-corrected chi connectivity index (χ0v) is 8.90. The van der Waals surface area contributed by atoms with Crippen LogP contribution in [0.25, 0.3) is 0 Å². The fourth-order valence-corrected chi connectivity index (χ4v) is 1.47. The van der Waals surface area contributed by atoms with E-state index in [1.165, 1.54) is 18.3 Å². The molecule has 1 amide bonds. The van der Waals surface area contributed by atoms with E-state index in [4.69, 9.17) is 0 Å². The average molecular weight is 242 g/mol. The Morgan fingerprint density at radius 3 is 2.24 bits per heavy atom. The van der Waals surface area contributed by atoms with Crippen LogP contribution in [0.15, 0.2) is 29.4 Å². The van der Waals surface area contributed by atoms with E-state index in [2.05, 4.69) is 5.10 Å². The predicted molar refractivity (Wildman–Crippen MR) is 56.6 cm³/mol. The highest BCUT2D eigenvalue weighted by atomic mass is 19.4. The molecule has 0 aliphatic carbocycles. The van der Waals surface area contributed by atoms with E-state index in [0.717, 1.165) is 17.1 Å². The lowest BCUT2D eigenvalue weighted by atomic mass is 10.1. The maximum absolute atomic E-state index is 12.3. The fraction of sp³-hybridized carbons (Fsp3) is 0.273. The largest absolute Gasteiger partial charge is 0.416 e. The van der Waals surface area contributed by atoms with Gasteiger partial charge in [-0.15, -0.1) is 0 Å². The summed E-state index contributed by atoms with van der Waals surface area (Å²) in [4.78, 5) is 11.6. The highest BCUT2D eigenvalue weighted by molar-refractivity contribution is 6.07. The first-order chi connectivity index (χ1) is 7.89. The van der Waals surface area contributed by atoms with Crippen LogP contribution in [-0.4, -0.2) is 12.1 Å². The summed E-state index contributed by atoms with van der Waals surface area (Å²) < 4.78 is 37.0. The van der Waals surface area contributed by atoms with E-state index >= 15 is 0 Å². The van der Waals surface area contributed by atoms with E-state index in [1.54, 1.807) is 6.92 Å². The normalized spacial score (nSPS) is 20.1. The van der Waals surface area contributed by atoms with Crippen molar-refractivity contribution in [2.45, 2.75) is 13.1 Å². The van der Waals surface area contributed by atoms with Crippen LogP contribution in [0, 0.1) is 5.92 Å². The van der Waals surface area contributed by atoms with Gasteiger partial charge in [0.2, 0.25) is 0 Å². The Hall–Kier alpha value is -1.85. The number of rotatable bonds is 1. The Bertz CT molecular complexity index is 465. The van der Waals surface area contributed by atoms with Gasteiger partial charge in [0.1, 0.15) is 0 Å². The molecule has 1 aliphatic heterocycles. The molecule has 90 valence electrons. The van der Waals surface area contributed by atoms with E-state index in [1.807, 2.05) is 0 Å². The van der Waals surface area contributed by atoms with E-state index in [9.17, 15) is 18.0 Å². The van der Waals surface area contributed by atoms with Crippen molar-refractivity contribution in [3.05, 3.63) is 29.8 Å². The van der Waals surface area contributed by atoms with Crippen LogP contribution < -0.4 is 5.01 Å². The molecule has 0 fully saturated rings. The van der Waals surface area contributed by atoms with Crippen LogP contribution in [0.4, 0.5) is 18.9 Å². The lowest BCUT2D eigenvalue weighted by Crippen LogP contribution is -2.24. The van der Waals surface area contributed by atoms with Gasteiger partial charge in [0.05, 0.1) is 17.2 Å². The van der Waals surface area contributed by atoms with Crippen LogP contribution in [0.5, 0.6) is 0 Å². The first-order valence-electron chi connectivity index (χ1n) is 4.95. The first kappa shape index (κ1) is 11.6. The van der Waals surface area contributed by atoms with Gasteiger partial charge >= 0.3 is 6.18 Å². The number of carbonyl (C=O) groups is 1. The van der Waals surface area contributed by atoms with Gasteiger partial charge < -0.3 is 0 Å². The second-order valence-electron chi connectivity index (χ2n) is 3.75. The maximum atomic E-state index is 12.3. The second kappa shape index (κ2) is 3.87. The third-order valence-corrected chi connectivity index (χ3v) is 2.44. The van der Waals surface area contributed by atoms with Crippen LogP contribution in [0.2, 0.25) is 0 Å². The number of amides is 1. The highest BCUT2D eigenvalue weighted by Crippen LogP contribution is 2.31. The molecule has 1 atom stereocenters. The summed E-state index contributed by atoms with van der Waals surface area (Å²) in [6, 6.07) is 4.33. The van der Waals surface area contributed by atoms with Gasteiger partial charge in [0.25, 0.3) is 5.91 Å². The number of halogens is 3. The van der Waals surface area contributed by atoms with E-state index in [0.29, 0.717) is 5.69 Å². The van der Waals surface area contributed by atoms with Crippen LogP contribution in [-0.2, 0) is 11.0 Å². The molecule has 0 saturated heterocycles. The lowest BCUT2D eigenvalue weighted by Gasteiger charge is -2.14. The molecule has 2 rings (SSSR count). The number of benzene rings is 1. The summed E-state index contributed by atoms with van der Waals surface area (Å²) in [5, 5.41) is 4.94. The van der Waals surface area contributed by atoms with E-state index < -0.39 is 11.7 Å². The Morgan fingerprint density at radius 1 is 1.24 bits per heavy atom. The molecule has 1 aromatic carbocycles. The molecule has 1 aromatic rings. The van der Waals surface area contributed by atoms with Gasteiger partial charge in [0, 0.05) is 6.21 Å². The maximum Gasteiger partial charge on any atom is 0.416 e. The minimum absolute atomic E-state index is 0.246. The van der Waals surface area contributed by atoms with Crippen molar-refractivity contribution >= 4 is 17.8 Å². The monoisotopic (exact) mass is 242 g/mol. The number of carbonyl (C=O) groups excluding carboxylic acids is 1. The lowest BCUT2D eigenvalue weighted by molar-refractivity contribution is -0.137. The smallest absolute Gasteiger partial charge is 0.272 e. The Labute approximate surface area is 95.5 Å². The van der Waals surface area contributed by atoms with Crippen molar-refractivity contribution in [1.29, 1.82) is 0 Å². The Kier molecular flexibility index (Phi) is 2.65. The van der Waals surface area contributed by atoms with Gasteiger partial charge in [-0.3, -0.25) is 4.79 Å². The molecule has 0 N–H and O–H groups in total. The minimum Gasteiger partial charge on any atom is -0.272 e. The number of hydrazone groups is 1. The fourth-order valence-electron chi connectivity index (χ4n) is 1.47. The first-order valence-corrected chi connectivity index (χ1v) is 4.95. The summed E-state index contributed by atoms with van der Waals surface area (Å²) in [6.45, 7) is 1.68. The third kappa shape index (κ3) is 2.15. The van der Waals surface area contributed by atoms with Gasteiger partial charge in [-0.2, -0.15) is 18.3 Å². The molecule has 3 nitrogen and oxygen atoms in total. The summed E-state index contributed by atoms with van der Waals surface area (Å²) in [5.74, 6) is -0.581. The topological polar surface area (TPSA) is 32.7 Å². The Morgan fingerprint density at radius 2 is 1.82 bits per heavy atom. The van der Waals surface area contributed by atoms with Crippen LogP contribution in [0.3, 0.4) is 0 Å². The number of anilines is 1. The number of alkyl halides is 3. The van der Waals surface area contributed by atoms with Crippen molar-refractivity contribution in [3.63, 3.8) is 0 Å². The zero-order valence-electron chi connectivity index (χ0n) is 8.90. The van der Waals surface area contributed by atoms with Crippen molar-refractivity contribution in [1.82, 2.24) is 0 Å². The summed E-state index contributed by atoms with van der Waals surface area (Å²) in [5.41, 5.74) is -0.409. The summed E-state index contributed by atoms with van der Waals surface area (Å²) in [6.07, 6.45) is -2.91. The van der Waals surface area contributed by atoms with Crippen LogP contribution in [0.1, 0.15) is 12.5 Å². The minimum atomic E-state index is -4.37. The van der Waals surface area contributed by atoms with Crippen LogP contribution >= 0.6 is 0 Å². The van der Waals surface area contributed by atoms with Crippen molar-refractivity contribution in [3.8, 4) is 0 Å². The van der Waals surface area contributed by atoms with Crippen molar-refractivity contribution in [2.24, 2.45) is 11.0 Å². The predicted octanol–water partition coefficient (Wildman–Crippen LogP) is 2.67. The SMILES string of the molecule is CC1C=NN(c2ccc(C(F)(F)F)cc2)C1=O. The molecule has 0 saturated carbocycles. The van der Waals surface area contributed by atoms with Crippen molar-refractivity contribution in [2.75, 3.05) is 5.01 Å². The number of hydrogen-bond acceptors (Lipinski definition) is 2. The molecule has 0 aromatic heterocycles. The third-order valence-electron chi connectivity index (χ3n) is 2.44. The van der Waals surface area contributed by atoms with Gasteiger partial charge in [0.15, 0.2) is 0 Å². The standard InChI is InChI=1S/C11H9F3N2O/c1-7-6-15-16(10(7)17)9-4-2-8(3-5-9)11(12,13)14/h2-7H,1H3. The number of hydrogen-bond donors (Lipinski definition) is 0. The molecule has 1 aliphatic rings. The molecule has 17 heavy (non-hydrogen) atoms. The molecule has 0 spiro atoms. The Balaban J connectivity index is 2.25. The van der Waals surface area contributed by atoms with Crippen molar-refractivity contribution < 1.29 is 18.0 Å². The molecular formula is C11H9F3N2O. The molecular weight excluding hydrogens is 233 g/mol. The van der Waals surface area contributed by atoms with Gasteiger partial charge in [-0.05, 0) is 31.2 Å². The van der Waals surface area contributed by atoms with E-state index in [-0.39, 0.29) is 11.8 Å². The molecule has 1 unspecified atom stereocenters. The number of nitrogens with zero attached hydrogens (tertiary/aromatic N) is 2. The quantitative estimate of drug-likeness (QED) is 0.745. The average Bonchev–Trinajstić information content (AvgIpc) is 2.59. The zero-order chi connectivity index (χ0) is 12.6.